The van der Waals surface area contributed by atoms with Crippen LogP contribution in [0.1, 0.15) is 40.8 Å². The Labute approximate surface area is 168 Å². The van der Waals surface area contributed by atoms with Crippen molar-refractivity contribution >= 4 is 0 Å². The molecule has 7 heteroatoms. The Morgan fingerprint density at radius 2 is 1.72 bits per heavy atom. The molecule has 2 heterocycles. The second-order valence-corrected chi connectivity index (χ2v) is 7.81. The van der Waals surface area contributed by atoms with E-state index in [9.17, 15) is 25.5 Å². The van der Waals surface area contributed by atoms with Gasteiger partial charge in [0.2, 0.25) is 5.79 Å². The lowest BCUT2D eigenvalue weighted by Crippen LogP contribution is -2.63. The van der Waals surface area contributed by atoms with E-state index in [1.165, 1.54) is 0 Å². The van der Waals surface area contributed by atoms with Crippen LogP contribution >= 0.6 is 0 Å². The minimum absolute atomic E-state index is 0.191. The highest BCUT2D eigenvalue weighted by molar-refractivity contribution is 5.41. The van der Waals surface area contributed by atoms with Crippen LogP contribution in [-0.4, -0.2) is 56.6 Å². The van der Waals surface area contributed by atoms with Gasteiger partial charge in [0.1, 0.15) is 24.4 Å². The number of fused-ring (bicyclic) bond motifs is 2. The molecule has 29 heavy (non-hydrogen) atoms. The first-order valence-electron chi connectivity index (χ1n) is 9.71. The molecule has 7 nitrogen and oxygen atoms in total. The number of aliphatic hydroxyl groups excluding tert-OH is 5. The Hall–Kier alpha value is -1.84. The van der Waals surface area contributed by atoms with E-state index >= 15 is 0 Å². The summed E-state index contributed by atoms with van der Waals surface area (Å²) < 4.78 is 11.6. The number of benzene rings is 2. The Balaban J connectivity index is 1.64. The summed E-state index contributed by atoms with van der Waals surface area (Å²) in [5, 5.41) is 50.1. The Kier molecular flexibility index (Phi) is 5.48. The summed E-state index contributed by atoms with van der Waals surface area (Å²) in [6.45, 7) is 1.40. The first kappa shape index (κ1) is 20.4. The van der Waals surface area contributed by atoms with Crippen LogP contribution in [0.15, 0.2) is 42.5 Å². The SMILES string of the molecule is CC(O)c1ccc(Cc2ccc3c(c2)[C@]2(OC3)O[C@H](CO)[C@@H](O)[C@H](O)[C@H]2O)cc1. The monoisotopic (exact) mass is 402 g/mol. The minimum Gasteiger partial charge on any atom is -0.394 e. The molecule has 0 aromatic heterocycles. The van der Waals surface area contributed by atoms with E-state index in [2.05, 4.69) is 0 Å². The van der Waals surface area contributed by atoms with Crippen LogP contribution in [0.5, 0.6) is 0 Å². The standard InChI is InChI=1S/C22H26O7/c1-12(24)15-5-2-13(3-6-15)8-14-4-7-16-11-28-22(17(16)9-14)21(27)20(26)19(25)18(10-23)29-22/h2-7,9,12,18-21,23-27H,8,10-11H2,1H3/t12?,18-,19-,20+,21-,22+/m1/s1. The van der Waals surface area contributed by atoms with Crippen LogP contribution < -0.4 is 0 Å². The molecular weight excluding hydrogens is 376 g/mol. The van der Waals surface area contributed by atoms with Gasteiger partial charge in [-0.1, -0.05) is 36.4 Å². The predicted octanol–water partition coefficient (Wildman–Crippen LogP) is 0.487. The topological polar surface area (TPSA) is 120 Å². The van der Waals surface area contributed by atoms with Gasteiger partial charge in [0.15, 0.2) is 0 Å². The molecule has 156 valence electrons. The van der Waals surface area contributed by atoms with Gasteiger partial charge < -0.3 is 35.0 Å². The molecular formula is C22H26O7. The van der Waals surface area contributed by atoms with Gasteiger partial charge in [-0.3, -0.25) is 0 Å². The maximum atomic E-state index is 10.7. The molecule has 1 unspecified atom stereocenters. The van der Waals surface area contributed by atoms with Crippen molar-refractivity contribution < 1.29 is 35.0 Å². The van der Waals surface area contributed by atoms with Crippen LogP contribution in [0.25, 0.3) is 0 Å². The van der Waals surface area contributed by atoms with Gasteiger partial charge in [-0.2, -0.15) is 0 Å². The van der Waals surface area contributed by atoms with E-state index in [0.717, 1.165) is 22.3 Å². The number of hydrogen-bond acceptors (Lipinski definition) is 7. The molecule has 1 fully saturated rings. The van der Waals surface area contributed by atoms with Crippen LogP contribution in [0.4, 0.5) is 0 Å². The third-order valence-corrected chi connectivity index (χ3v) is 5.81. The zero-order chi connectivity index (χ0) is 20.8. The minimum atomic E-state index is -1.63. The quantitative estimate of drug-likeness (QED) is 0.505. The van der Waals surface area contributed by atoms with E-state index in [1.807, 2.05) is 42.5 Å². The molecule has 0 amide bonds. The van der Waals surface area contributed by atoms with Gasteiger partial charge in [-0.25, -0.2) is 0 Å². The zero-order valence-electron chi connectivity index (χ0n) is 16.1. The predicted molar refractivity (Wildman–Crippen MR) is 103 cm³/mol. The second-order valence-electron chi connectivity index (χ2n) is 7.81. The summed E-state index contributed by atoms with van der Waals surface area (Å²) in [6, 6.07) is 13.4. The molecule has 2 aromatic carbocycles. The van der Waals surface area contributed by atoms with Crippen molar-refractivity contribution in [2.45, 2.75) is 56.3 Å². The highest BCUT2D eigenvalue weighted by atomic mass is 16.7. The average Bonchev–Trinajstić information content (AvgIpc) is 3.08. The average molecular weight is 402 g/mol. The summed E-state index contributed by atoms with van der Waals surface area (Å²) in [4.78, 5) is 0. The Morgan fingerprint density at radius 3 is 2.38 bits per heavy atom. The van der Waals surface area contributed by atoms with Crippen molar-refractivity contribution in [1.82, 2.24) is 0 Å². The Bertz CT molecular complexity index is 864. The van der Waals surface area contributed by atoms with Crippen molar-refractivity contribution in [2.24, 2.45) is 0 Å². The zero-order valence-corrected chi connectivity index (χ0v) is 16.1. The highest BCUT2D eigenvalue weighted by Crippen LogP contribution is 2.46. The Morgan fingerprint density at radius 1 is 1.03 bits per heavy atom. The number of rotatable bonds is 4. The van der Waals surface area contributed by atoms with E-state index < -0.39 is 42.9 Å². The van der Waals surface area contributed by atoms with Gasteiger partial charge >= 0.3 is 0 Å². The van der Waals surface area contributed by atoms with Gasteiger partial charge in [-0.05, 0) is 41.7 Å². The van der Waals surface area contributed by atoms with Crippen molar-refractivity contribution in [1.29, 1.82) is 0 Å². The van der Waals surface area contributed by atoms with E-state index in [1.54, 1.807) is 6.92 Å². The summed E-state index contributed by atoms with van der Waals surface area (Å²) in [5.74, 6) is -1.63. The molecule has 0 saturated carbocycles. The van der Waals surface area contributed by atoms with Crippen molar-refractivity contribution in [3.8, 4) is 0 Å². The fourth-order valence-electron chi connectivity index (χ4n) is 4.08. The molecule has 1 spiro atoms. The fraction of sp³-hybridized carbons (Fsp3) is 0.455. The fourth-order valence-corrected chi connectivity index (χ4v) is 4.08. The first-order valence-corrected chi connectivity index (χ1v) is 9.71. The molecule has 0 radical (unpaired) electrons. The van der Waals surface area contributed by atoms with E-state index in [-0.39, 0.29) is 6.61 Å². The molecule has 2 aliphatic heterocycles. The summed E-state index contributed by atoms with van der Waals surface area (Å²) in [5.41, 5.74) is 4.26. The second kappa shape index (κ2) is 7.77. The normalized spacial score (nSPS) is 32.3. The van der Waals surface area contributed by atoms with Crippen LogP contribution in [0.3, 0.4) is 0 Å². The molecule has 6 atom stereocenters. The van der Waals surface area contributed by atoms with E-state index in [0.29, 0.717) is 12.0 Å². The van der Waals surface area contributed by atoms with Crippen molar-refractivity contribution in [3.05, 3.63) is 70.3 Å². The smallest absolute Gasteiger partial charge is 0.225 e. The number of aliphatic hydroxyl groups is 5. The maximum absolute atomic E-state index is 10.7. The van der Waals surface area contributed by atoms with Crippen LogP contribution in [-0.2, 0) is 28.3 Å². The largest absolute Gasteiger partial charge is 0.394 e. The lowest BCUT2D eigenvalue weighted by Gasteiger charge is -2.46. The molecule has 0 aliphatic carbocycles. The lowest BCUT2D eigenvalue weighted by molar-refractivity contribution is -0.368. The summed E-state index contributed by atoms with van der Waals surface area (Å²) >= 11 is 0. The molecule has 2 aliphatic rings. The number of ether oxygens (including phenoxy) is 2. The lowest BCUT2D eigenvalue weighted by atomic mass is 9.86. The number of hydrogen-bond donors (Lipinski definition) is 5. The third-order valence-electron chi connectivity index (χ3n) is 5.81. The molecule has 0 bridgehead atoms. The first-order chi connectivity index (χ1) is 13.9. The molecule has 1 saturated heterocycles. The van der Waals surface area contributed by atoms with Gasteiger partial charge in [-0.15, -0.1) is 0 Å². The third kappa shape index (κ3) is 3.49. The van der Waals surface area contributed by atoms with Gasteiger partial charge in [0, 0.05) is 5.56 Å². The summed E-state index contributed by atoms with van der Waals surface area (Å²) in [7, 11) is 0. The van der Waals surface area contributed by atoms with Crippen molar-refractivity contribution in [2.75, 3.05) is 6.61 Å². The summed E-state index contributed by atoms with van der Waals surface area (Å²) in [6.07, 6.45) is -5.40. The van der Waals surface area contributed by atoms with Gasteiger partial charge in [0.05, 0.1) is 19.3 Å². The van der Waals surface area contributed by atoms with Crippen LogP contribution in [0.2, 0.25) is 0 Å². The van der Waals surface area contributed by atoms with Gasteiger partial charge in [0.25, 0.3) is 0 Å². The maximum Gasteiger partial charge on any atom is 0.225 e. The highest BCUT2D eigenvalue weighted by Gasteiger charge is 2.58. The van der Waals surface area contributed by atoms with Crippen LogP contribution in [0, 0.1) is 0 Å². The molecule has 5 N–H and O–H groups in total. The molecule has 4 rings (SSSR count). The van der Waals surface area contributed by atoms with E-state index in [4.69, 9.17) is 9.47 Å². The molecule has 2 aromatic rings. The van der Waals surface area contributed by atoms with Crippen molar-refractivity contribution in [3.63, 3.8) is 0 Å².